The quantitative estimate of drug-likeness (QED) is 0.505. The van der Waals surface area contributed by atoms with Crippen LogP contribution in [0.5, 0.6) is 0 Å². The molecule has 0 rings (SSSR count). The van der Waals surface area contributed by atoms with Crippen LogP contribution in [0.15, 0.2) is 0 Å². The van der Waals surface area contributed by atoms with Crippen LogP contribution >= 0.6 is 22.2 Å². The SMILES string of the molecule is CC[SiH](CC)O[Si](Cl)(Cl)O[SiH](CC)CC. The van der Waals surface area contributed by atoms with Gasteiger partial charge in [0.05, 0.1) is 0 Å². The Labute approximate surface area is 107 Å². The molecule has 15 heavy (non-hydrogen) atoms. The Morgan fingerprint density at radius 1 is 0.800 bits per heavy atom. The second-order valence-electron chi connectivity index (χ2n) is 3.58. The summed E-state index contributed by atoms with van der Waals surface area (Å²) < 4.78 is 11.6. The van der Waals surface area contributed by atoms with Crippen molar-refractivity contribution in [2.45, 2.75) is 51.9 Å². The molecule has 0 aliphatic rings. The lowest BCUT2D eigenvalue weighted by molar-refractivity contribution is 0.442. The molecule has 0 aromatic heterocycles. The zero-order valence-electron chi connectivity index (χ0n) is 10.1. The summed E-state index contributed by atoms with van der Waals surface area (Å²) in [6, 6.07) is 4.27. The third-order valence-corrected chi connectivity index (χ3v) is 14.1. The van der Waals surface area contributed by atoms with E-state index in [0.717, 1.165) is 24.2 Å². The van der Waals surface area contributed by atoms with E-state index in [9.17, 15) is 0 Å². The third-order valence-electron chi connectivity index (χ3n) is 2.43. The first-order chi connectivity index (χ1) is 6.99. The zero-order chi connectivity index (χ0) is 11.9. The molecule has 0 radical (unpaired) electrons. The highest BCUT2D eigenvalue weighted by atomic mass is 35.7. The van der Waals surface area contributed by atoms with E-state index in [0.29, 0.717) is 0 Å². The second-order valence-corrected chi connectivity index (χ2v) is 15.7. The van der Waals surface area contributed by atoms with Crippen molar-refractivity contribution in [1.82, 2.24) is 0 Å². The molecule has 0 heterocycles. The van der Waals surface area contributed by atoms with Crippen LogP contribution in [-0.2, 0) is 8.23 Å². The average Bonchev–Trinajstić information content (AvgIpc) is 2.22. The van der Waals surface area contributed by atoms with Crippen molar-refractivity contribution >= 4 is 47.4 Å². The summed E-state index contributed by atoms with van der Waals surface area (Å²) in [6.45, 7) is 8.53. The van der Waals surface area contributed by atoms with Crippen molar-refractivity contribution in [2.24, 2.45) is 0 Å². The standard InChI is InChI=1S/C8H22Cl2O2Si3/c1-5-13(6-2)11-15(9,10)12-14(7-3)8-4/h13-14H,5-8H2,1-4H3. The average molecular weight is 305 g/mol. The van der Waals surface area contributed by atoms with Gasteiger partial charge in [-0.15, -0.1) is 0 Å². The van der Waals surface area contributed by atoms with Gasteiger partial charge in [-0.1, -0.05) is 49.9 Å². The molecule has 2 nitrogen and oxygen atoms in total. The Balaban J connectivity index is 4.14. The van der Waals surface area contributed by atoms with E-state index in [4.69, 9.17) is 30.4 Å². The van der Waals surface area contributed by atoms with E-state index < -0.39 is 25.3 Å². The number of rotatable bonds is 8. The number of hydrogen-bond donors (Lipinski definition) is 0. The molecule has 0 fully saturated rings. The number of hydrogen-bond acceptors (Lipinski definition) is 2. The van der Waals surface area contributed by atoms with Gasteiger partial charge in [0.15, 0.2) is 18.1 Å². The van der Waals surface area contributed by atoms with E-state index in [1.54, 1.807) is 0 Å². The molecule has 7 heteroatoms. The monoisotopic (exact) mass is 304 g/mol. The smallest absolute Gasteiger partial charge is 0.417 e. The van der Waals surface area contributed by atoms with Gasteiger partial charge < -0.3 is 8.23 Å². The third kappa shape index (κ3) is 7.14. The molecule has 0 aromatic carbocycles. The minimum absolute atomic E-state index is 1.07. The summed E-state index contributed by atoms with van der Waals surface area (Å²) in [5.74, 6) is 0. The van der Waals surface area contributed by atoms with Crippen LogP contribution in [0.25, 0.3) is 0 Å². The van der Waals surface area contributed by atoms with Gasteiger partial charge in [-0.25, -0.2) is 0 Å². The molecule has 0 atom stereocenters. The van der Waals surface area contributed by atoms with Crippen LogP contribution in [0.4, 0.5) is 0 Å². The molecular formula is C8H22Cl2O2Si3. The maximum absolute atomic E-state index is 6.17. The van der Waals surface area contributed by atoms with E-state index in [2.05, 4.69) is 27.7 Å². The van der Waals surface area contributed by atoms with Crippen molar-refractivity contribution < 1.29 is 8.23 Å². The maximum atomic E-state index is 6.17. The fourth-order valence-corrected chi connectivity index (χ4v) is 13.5. The Hall–Kier alpha value is 1.15. The lowest BCUT2D eigenvalue weighted by Crippen LogP contribution is -2.40. The van der Waals surface area contributed by atoms with E-state index in [1.807, 2.05) is 0 Å². The minimum atomic E-state index is -2.85. The van der Waals surface area contributed by atoms with Crippen molar-refractivity contribution in [1.29, 1.82) is 0 Å². The maximum Gasteiger partial charge on any atom is 0.530 e. The van der Waals surface area contributed by atoms with Gasteiger partial charge in [-0.2, -0.15) is 0 Å². The topological polar surface area (TPSA) is 18.5 Å². The first-order valence-electron chi connectivity index (χ1n) is 5.72. The fourth-order valence-electron chi connectivity index (χ4n) is 1.33. The highest BCUT2D eigenvalue weighted by Gasteiger charge is 2.38. The van der Waals surface area contributed by atoms with E-state index >= 15 is 0 Å². The summed E-state index contributed by atoms with van der Waals surface area (Å²) in [7, 11) is -5.25. The van der Waals surface area contributed by atoms with E-state index in [1.165, 1.54) is 0 Å². The second kappa shape index (κ2) is 8.27. The highest BCUT2D eigenvalue weighted by molar-refractivity contribution is 7.41. The van der Waals surface area contributed by atoms with Crippen LogP contribution in [0.2, 0.25) is 24.2 Å². The Kier molecular flexibility index (Phi) is 8.91. The van der Waals surface area contributed by atoms with Crippen LogP contribution in [-0.4, -0.2) is 25.3 Å². The lowest BCUT2D eigenvalue weighted by atomic mass is 11.0. The van der Waals surface area contributed by atoms with Crippen molar-refractivity contribution in [3.63, 3.8) is 0 Å². The van der Waals surface area contributed by atoms with Crippen LogP contribution < -0.4 is 0 Å². The van der Waals surface area contributed by atoms with Crippen molar-refractivity contribution in [3.8, 4) is 0 Å². The lowest BCUT2D eigenvalue weighted by Gasteiger charge is -2.26. The predicted octanol–water partition coefficient (Wildman–Crippen LogP) is 3.46. The van der Waals surface area contributed by atoms with Gasteiger partial charge >= 0.3 is 7.18 Å². The Morgan fingerprint density at radius 3 is 1.27 bits per heavy atom. The van der Waals surface area contributed by atoms with Gasteiger partial charge in [0.2, 0.25) is 0 Å². The van der Waals surface area contributed by atoms with Gasteiger partial charge in [0.25, 0.3) is 0 Å². The molecule has 0 saturated carbocycles. The van der Waals surface area contributed by atoms with E-state index in [-0.39, 0.29) is 0 Å². The summed E-state index contributed by atoms with van der Waals surface area (Å²) in [6.07, 6.45) is 0. The molecule has 92 valence electrons. The fraction of sp³-hybridized carbons (Fsp3) is 1.00. The van der Waals surface area contributed by atoms with Gasteiger partial charge in [-0.05, 0) is 24.2 Å². The molecule has 0 amide bonds. The molecule has 0 aliphatic heterocycles. The largest absolute Gasteiger partial charge is 0.530 e. The first kappa shape index (κ1) is 16.2. The molecular weight excluding hydrogens is 283 g/mol. The molecule has 0 aliphatic carbocycles. The summed E-state index contributed by atoms with van der Waals surface area (Å²) in [4.78, 5) is 0. The molecule has 0 N–H and O–H groups in total. The van der Waals surface area contributed by atoms with Crippen LogP contribution in [0.1, 0.15) is 27.7 Å². The van der Waals surface area contributed by atoms with Crippen LogP contribution in [0, 0.1) is 0 Å². The molecule has 0 aromatic rings. The number of halogens is 2. The van der Waals surface area contributed by atoms with Crippen LogP contribution in [0.3, 0.4) is 0 Å². The normalized spacial score (nSPS) is 12.8. The van der Waals surface area contributed by atoms with Gasteiger partial charge in [-0.3, -0.25) is 0 Å². The molecule has 0 unspecified atom stereocenters. The summed E-state index contributed by atoms with van der Waals surface area (Å²) in [5, 5.41) is 0. The molecule has 0 bridgehead atoms. The summed E-state index contributed by atoms with van der Waals surface area (Å²) in [5.41, 5.74) is 0. The predicted molar refractivity (Wildman–Crippen MR) is 75.9 cm³/mol. The Morgan fingerprint density at radius 2 is 1.07 bits per heavy atom. The summed E-state index contributed by atoms with van der Waals surface area (Å²) >= 11 is 12.3. The van der Waals surface area contributed by atoms with Crippen molar-refractivity contribution in [3.05, 3.63) is 0 Å². The molecule has 0 saturated heterocycles. The Bertz CT molecular complexity index is 148. The minimum Gasteiger partial charge on any atom is -0.417 e. The highest BCUT2D eigenvalue weighted by Crippen LogP contribution is 2.24. The van der Waals surface area contributed by atoms with Crippen molar-refractivity contribution in [2.75, 3.05) is 0 Å². The van der Waals surface area contributed by atoms with Gasteiger partial charge in [0, 0.05) is 0 Å². The van der Waals surface area contributed by atoms with Gasteiger partial charge in [0.1, 0.15) is 0 Å². The molecule has 0 spiro atoms. The first-order valence-corrected chi connectivity index (χ1v) is 13.8. The zero-order valence-corrected chi connectivity index (χ0v) is 14.9.